The second-order valence-corrected chi connectivity index (χ2v) is 8.92. The van der Waals surface area contributed by atoms with Gasteiger partial charge in [-0.15, -0.1) is 0 Å². The van der Waals surface area contributed by atoms with Crippen molar-refractivity contribution in [3.05, 3.63) is 0 Å². The third-order valence-electron chi connectivity index (χ3n) is 5.85. The zero-order valence-electron chi connectivity index (χ0n) is 18.4. The monoisotopic (exact) mass is 412 g/mol. The predicted molar refractivity (Wildman–Crippen MR) is 111 cm³/mol. The van der Waals surface area contributed by atoms with Gasteiger partial charge in [-0.2, -0.15) is 0 Å². The number of hydrogen-bond donors (Lipinski definition) is 0. The van der Waals surface area contributed by atoms with Crippen LogP contribution < -0.4 is 0 Å². The Morgan fingerprint density at radius 2 is 1.31 bits per heavy atom. The van der Waals surface area contributed by atoms with Gasteiger partial charge in [0, 0.05) is 0 Å². The molecule has 29 heavy (non-hydrogen) atoms. The smallest absolute Gasteiger partial charge is 0.434 e. The molecular weight excluding hydrogens is 372 g/mol. The summed E-state index contributed by atoms with van der Waals surface area (Å²) in [6.45, 7) is 4.84. The van der Waals surface area contributed by atoms with Gasteiger partial charge in [0.1, 0.15) is 18.3 Å². The molecule has 2 aliphatic rings. The summed E-state index contributed by atoms with van der Waals surface area (Å²) in [5.74, 6) is 0.742. The number of hydrogen-bond acceptors (Lipinski definition) is 6. The van der Waals surface area contributed by atoms with Crippen LogP contribution >= 0.6 is 0 Å². The molecule has 0 aromatic carbocycles. The van der Waals surface area contributed by atoms with E-state index in [9.17, 15) is 9.59 Å². The lowest BCUT2D eigenvalue weighted by Crippen LogP contribution is -2.38. The van der Waals surface area contributed by atoms with Crippen molar-refractivity contribution in [1.29, 1.82) is 0 Å². The first-order valence-electron chi connectivity index (χ1n) is 11.7. The van der Waals surface area contributed by atoms with Crippen molar-refractivity contribution >= 4 is 12.3 Å². The molecule has 0 bridgehead atoms. The number of unbranched alkanes of at least 4 members (excludes halogenated alkanes) is 3. The standard InChI is InChI=1S/C23H40O6/c1-18(2)12-6-3-4-11-17-26-22(24)28-20-15-9-10-16-21(20)29-23(25)27-19-13-7-5-8-14-19/h18-21H,3-17H2,1-2H3. The molecule has 2 saturated carbocycles. The van der Waals surface area contributed by atoms with E-state index in [1.54, 1.807) is 0 Å². The van der Waals surface area contributed by atoms with Crippen LogP contribution in [0, 0.1) is 5.92 Å². The Morgan fingerprint density at radius 3 is 1.97 bits per heavy atom. The van der Waals surface area contributed by atoms with Gasteiger partial charge in [0.2, 0.25) is 0 Å². The highest BCUT2D eigenvalue weighted by atomic mass is 16.8. The maximum atomic E-state index is 12.1. The van der Waals surface area contributed by atoms with Gasteiger partial charge in [0.25, 0.3) is 0 Å². The lowest BCUT2D eigenvalue weighted by atomic mass is 9.94. The highest BCUT2D eigenvalue weighted by Gasteiger charge is 2.33. The summed E-state index contributed by atoms with van der Waals surface area (Å²) >= 11 is 0. The van der Waals surface area contributed by atoms with Gasteiger partial charge in [-0.3, -0.25) is 0 Å². The Morgan fingerprint density at radius 1 is 0.724 bits per heavy atom. The number of carbonyl (C=O) groups excluding carboxylic acids is 2. The van der Waals surface area contributed by atoms with Crippen molar-refractivity contribution in [1.82, 2.24) is 0 Å². The molecule has 0 N–H and O–H groups in total. The Labute approximate surface area is 176 Å². The summed E-state index contributed by atoms with van der Waals surface area (Å²) in [7, 11) is 0. The number of ether oxygens (including phenoxy) is 4. The lowest BCUT2D eigenvalue weighted by Gasteiger charge is -2.30. The molecular formula is C23H40O6. The highest BCUT2D eigenvalue weighted by molar-refractivity contribution is 5.61. The summed E-state index contributed by atoms with van der Waals surface area (Å²) in [4.78, 5) is 24.2. The molecule has 0 heterocycles. The third kappa shape index (κ3) is 10.2. The fourth-order valence-corrected chi connectivity index (χ4v) is 4.12. The van der Waals surface area contributed by atoms with Crippen LogP contribution in [0.15, 0.2) is 0 Å². The molecule has 168 valence electrons. The molecule has 2 atom stereocenters. The normalized spacial score (nSPS) is 22.9. The Bertz CT molecular complexity index is 472. The third-order valence-corrected chi connectivity index (χ3v) is 5.85. The first-order chi connectivity index (χ1) is 14.0. The molecule has 2 unspecified atom stereocenters. The van der Waals surface area contributed by atoms with Crippen LogP contribution in [-0.4, -0.2) is 37.2 Å². The highest BCUT2D eigenvalue weighted by Crippen LogP contribution is 2.26. The maximum Gasteiger partial charge on any atom is 0.508 e. The Hall–Kier alpha value is -1.46. The van der Waals surface area contributed by atoms with Gasteiger partial charge in [0.15, 0.2) is 0 Å². The first-order valence-corrected chi connectivity index (χ1v) is 11.7. The van der Waals surface area contributed by atoms with Crippen molar-refractivity contribution in [2.75, 3.05) is 6.61 Å². The minimum atomic E-state index is -0.659. The van der Waals surface area contributed by atoms with Crippen molar-refractivity contribution in [3.8, 4) is 0 Å². The molecule has 0 spiro atoms. The quantitative estimate of drug-likeness (QED) is 0.299. The predicted octanol–water partition coefficient (Wildman–Crippen LogP) is 6.54. The van der Waals surface area contributed by atoms with E-state index in [1.807, 2.05) is 0 Å². The van der Waals surface area contributed by atoms with E-state index < -0.39 is 24.5 Å². The second-order valence-electron chi connectivity index (χ2n) is 8.92. The van der Waals surface area contributed by atoms with Gasteiger partial charge in [-0.25, -0.2) is 9.59 Å². The number of rotatable bonds is 10. The van der Waals surface area contributed by atoms with E-state index >= 15 is 0 Å². The molecule has 0 radical (unpaired) electrons. The van der Waals surface area contributed by atoms with E-state index in [1.165, 1.54) is 19.3 Å². The van der Waals surface area contributed by atoms with E-state index in [0.717, 1.165) is 63.7 Å². The van der Waals surface area contributed by atoms with Crippen molar-refractivity contribution in [3.63, 3.8) is 0 Å². The first kappa shape index (κ1) is 23.8. The van der Waals surface area contributed by atoms with Gasteiger partial charge >= 0.3 is 12.3 Å². The minimum Gasteiger partial charge on any atom is -0.434 e. The minimum absolute atomic E-state index is 0.0373. The molecule has 6 heteroatoms. The summed E-state index contributed by atoms with van der Waals surface area (Å²) < 4.78 is 21.6. The lowest BCUT2D eigenvalue weighted by molar-refractivity contribution is -0.0796. The van der Waals surface area contributed by atoms with Crippen LogP contribution in [0.1, 0.15) is 104 Å². The zero-order valence-corrected chi connectivity index (χ0v) is 18.4. The molecule has 2 fully saturated rings. The Kier molecular flexibility index (Phi) is 11.3. The van der Waals surface area contributed by atoms with E-state index in [0.29, 0.717) is 19.4 Å². The summed E-state index contributed by atoms with van der Waals surface area (Å²) in [5, 5.41) is 0. The average molecular weight is 413 g/mol. The Balaban J connectivity index is 1.62. The van der Waals surface area contributed by atoms with Crippen molar-refractivity contribution in [2.24, 2.45) is 5.92 Å². The van der Waals surface area contributed by atoms with E-state index in [2.05, 4.69) is 13.8 Å². The number of carbonyl (C=O) groups is 2. The maximum absolute atomic E-state index is 12.1. The molecule has 6 nitrogen and oxygen atoms in total. The molecule has 2 rings (SSSR count). The van der Waals surface area contributed by atoms with Crippen LogP contribution in [0.4, 0.5) is 9.59 Å². The van der Waals surface area contributed by atoms with Crippen LogP contribution in [0.5, 0.6) is 0 Å². The molecule has 0 aliphatic heterocycles. The van der Waals surface area contributed by atoms with E-state index in [-0.39, 0.29) is 6.10 Å². The van der Waals surface area contributed by atoms with Crippen LogP contribution in [0.3, 0.4) is 0 Å². The zero-order chi connectivity index (χ0) is 20.9. The van der Waals surface area contributed by atoms with Gasteiger partial charge < -0.3 is 18.9 Å². The summed E-state index contributed by atoms with van der Waals surface area (Å²) in [6.07, 6.45) is 11.8. The molecule has 0 aromatic heterocycles. The second kappa shape index (κ2) is 13.7. The van der Waals surface area contributed by atoms with E-state index in [4.69, 9.17) is 18.9 Å². The fourth-order valence-electron chi connectivity index (χ4n) is 4.12. The summed E-state index contributed by atoms with van der Waals surface area (Å²) in [5.41, 5.74) is 0. The van der Waals surface area contributed by atoms with Crippen LogP contribution in [-0.2, 0) is 18.9 Å². The molecule has 0 saturated heterocycles. The average Bonchev–Trinajstić information content (AvgIpc) is 2.69. The van der Waals surface area contributed by atoms with Crippen molar-refractivity contribution < 1.29 is 28.5 Å². The van der Waals surface area contributed by atoms with Gasteiger partial charge in [-0.1, -0.05) is 46.0 Å². The topological polar surface area (TPSA) is 71.1 Å². The van der Waals surface area contributed by atoms with Gasteiger partial charge in [-0.05, 0) is 63.7 Å². The largest absolute Gasteiger partial charge is 0.508 e. The fraction of sp³-hybridized carbons (Fsp3) is 0.913. The molecule has 2 aliphatic carbocycles. The SMILES string of the molecule is CC(C)CCCCCCOC(=O)OC1CCCCC1OC(=O)OC1CCCCC1. The van der Waals surface area contributed by atoms with Crippen LogP contribution in [0.25, 0.3) is 0 Å². The van der Waals surface area contributed by atoms with Crippen molar-refractivity contribution in [2.45, 2.75) is 122 Å². The molecule has 0 amide bonds. The molecule has 0 aromatic rings. The van der Waals surface area contributed by atoms with Gasteiger partial charge in [0.05, 0.1) is 6.61 Å². The van der Waals surface area contributed by atoms with Crippen LogP contribution in [0.2, 0.25) is 0 Å². The summed E-state index contributed by atoms with van der Waals surface area (Å²) in [6, 6.07) is 0.